The van der Waals surface area contributed by atoms with Crippen LogP contribution in [0.3, 0.4) is 0 Å². The van der Waals surface area contributed by atoms with E-state index in [0.717, 1.165) is 6.04 Å². The van der Waals surface area contributed by atoms with Crippen molar-refractivity contribution in [2.75, 3.05) is 40.3 Å². The van der Waals surface area contributed by atoms with Gasteiger partial charge in [-0.2, -0.15) is 0 Å². The molecule has 106 valence electrons. The number of likely N-dealkylation sites (N-methyl/N-ethyl adjacent to an activating group) is 1. The quantitative estimate of drug-likeness (QED) is 0.827. The highest BCUT2D eigenvalue weighted by Gasteiger charge is 2.33. The minimum absolute atomic E-state index is 0.456. The van der Waals surface area contributed by atoms with Gasteiger partial charge < -0.3 is 15.1 Å². The van der Waals surface area contributed by atoms with Crippen LogP contribution in [0.4, 0.5) is 0 Å². The number of likely N-dealkylation sites (tertiary alicyclic amines) is 1. The van der Waals surface area contributed by atoms with E-state index in [2.05, 4.69) is 43.1 Å². The molecule has 0 aromatic rings. The first-order valence-corrected chi connectivity index (χ1v) is 7.61. The lowest BCUT2D eigenvalue weighted by molar-refractivity contribution is 0.0909. The number of piperidine rings is 2. The van der Waals surface area contributed by atoms with Crippen LogP contribution < -0.4 is 5.32 Å². The molecule has 0 aliphatic carbocycles. The van der Waals surface area contributed by atoms with E-state index in [9.17, 15) is 0 Å². The van der Waals surface area contributed by atoms with Gasteiger partial charge in [0.25, 0.3) is 0 Å². The molecule has 0 saturated carbocycles. The lowest BCUT2D eigenvalue weighted by Gasteiger charge is -2.44. The number of nitrogens with zero attached hydrogens (tertiary/aromatic N) is 2. The van der Waals surface area contributed by atoms with Crippen LogP contribution in [-0.4, -0.2) is 62.2 Å². The van der Waals surface area contributed by atoms with Crippen LogP contribution in [0.2, 0.25) is 0 Å². The van der Waals surface area contributed by atoms with Crippen LogP contribution >= 0.6 is 0 Å². The molecular weight excluding hydrogens is 222 g/mol. The summed E-state index contributed by atoms with van der Waals surface area (Å²) in [7, 11) is 4.56. The summed E-state index contributed by atoms with van der Waals surface area (Å²) in [5, 5.41) is 3.74. The van der Waals surface area contributed by atoms with Gasteiger partial charge in [-0.3, -0.25) is 0 Å². The maximum Gasteiger partial charge on any atom is 0.0246 e. The summed E-state index contributed by atoms with van der Waals surface area (Å²) in [6, 6.07) is 1.46. The Kier molecular flexibility index (Phi) is 4.68. The van der Waals surface area contributed by atoms with Crippen molar-refractivity contribution < 1.29 is 0 Å². The van der Waals surface area contributed by atoms with Crippen molar-refractivity contribution in [1.82, 2.24) is 15.1 Å². The fraction of sp³-hybridized carbons (Fsp3) is 1.00. The first kappa shape index (κ1) is 14.3. The molecule has 0 bridgehead atoms. The van der Waals surface area contributed by atoms with Gasteiger partial charge in [-0.05, 0) is 64.8 Å². The van der Waals surface area contributed by atoms with Gasteiger partial charge in [-0.25, -0.2) is 0 Å². The Labute approximate surface area is 113 Å². The summed E-state index contributed by atoms with van der Waals surface area (Å²) >= 11 is 0. The topological polar surface area (TPSA) is 18.5 Å². The third-order valence-corrected chi connectivity index (χ3v) is 5.11. The molecule has 0 radical (unpaired) electrons. The largest absolute Gasteiger partial charge is 0.312 e. The average molecular weight is 253 g/mol. The lowest BCUT2D eigenvalue weighted by Crippen LogP contribution is -2.54. The van der Waals surface area contributed by atoms with E-state index in [0.29, 0.717) is 11.5 Å². The van der Waals surface area contributed by atoms with Gasteiger partial charge in [0.15, 0.2) is 0 Å². The lowest BCUT2D eigenvalue weighted by atomic mass is 9.77. The molecule has 2 saturated heterocycles. The Balaban J connectivity index is 1.84. The van der Waals surface area contributed by atoms with Crippen molar-refractivity contribution in [2.24, 2.45) is 5.41 Å². The maximum atomic E-state index is 3.74. The van der Waals surface area contributed by atoms with Crippen LogP contribution in [0.1, 0.15) is 39.5 Å². The Morgan fingerprint density at radius 1 is 1.28 bits per heavy atom. The molecule has 0 aromatic carbocycles. The molecular formula is C15H31N3. The zero-order valence-corrected chi connectivity index (χ0v) is 12.7. The van der Waals surface area contributed by atoms with Crippen LogP contribution in [0.5, 0.6) is 0 Å². The second kappa shape index (κ2) is 5.89. The van der Waals surface area contributed by atoms with Crippen LogP contribution in [0, 0.1) is 5.41 Å². The van der Waals surface area contributed by atoms with E-state index in [1.807, 2.05) is 0 Å². The fourth-order valence-corrected chi connectivity index (χ4v) is 3.46. The number of hydrogen-bond donors (Lipinski definition) is 1. The number of nitrogens with one attached hydrogen (secondary N) is 1. The summed E-state index contributed by atoms with van der Waals surface area (Å²) < 4.78 is 0. The maximum absolute atomic E-state index is 3.74. The molecule has 2 fully saturated rings. The highest BCUT2D eigenvalue weighted by Crippen LogP contribution is 2.31. The van der Waals surface area contributed by atoms with E-state index >= 15 is 0 Å². The van der Waals surface area contributed by atoms with Crippen molar-refractivity contribution in [3.63, 3.8) is 0 Å². The predicted octanol–water partition coefficient (Wildman–Crippen LogP) is 1.79. The van der Waals surface area contributed by atoms with E-state index < -0.39 is 0 Å². The molecule has 2 heterocycles. The molecule has 1 atom stereocenters. The molecule has 3 heteroatoms. The minimum atomic E-state index is 0.456. The van der Waals surface area contributed by atoms with Crippen molar-refractivity contribution in [2.45, 2.75) is 51.6 Å². The summed E-state index contributed by atoms with van der Waals surface area (Å²) in [6.07, 6.45) is 5.37. The molecule has 1 N–H and O–H groups in total. The molecule has 18 heavy (non-hydrogen) atoms. The van der Waals surface area contributed by atoms with Gasteiger partial charge in [-0.15, -0.1) is 0 Å². The van der Waals surface area contributed by atoms with Crippen LogP contribution in [0.25, 0.3) is 0 Å². The van der Waals surface area contributed by atoms with Gasteiger partial charge in [0.2, 0.25) is 0 Å². The Hall–Kier alpha value is -0.120. The summed E-state index contributed by atoms with van der Waals surface area (Å²) in [5.41, 5.74) is 0.456. The first-order chi connectivity index (χ1) is 8.49. The van der Waals surface area contributed by atoms with Gasteiger partial charge >= 0.3 is 0 Å². The smallest absolute Gasteiger partial charge is 0.0246 e. The van der Waals surface area contributed by atoms with Gasteiger partial charge in [0, 0.05) is 18.6 Å². The second-order valence-electron chi connectivity index (χ2n) is 7.07. The highest BCUT2D eigenvalue weighted by atomic mass is 15.2. The van der Waals surface area contributed by atoms with E-state index in [1.54, 1.807) is 0 Å². The minimum Gasteiger partial charge on any atom is -0.312 e. The molecule has 2 aliphatic heterocycles. The standard InChI is InChI=1S/C15H31N3/c1-15(2)8-5-9-16-14(15)12-18(4)13-6-10-17(3)11-7-13/h13-14,16H,5-12H2,1-4H3. The van der Waals surface area contributed by atoms with Crippen LogP contribution in [0.15, 0.2) is 0 Å². The van der Waals surface area contributed by atoms with Gasteiger partial charge in [0.05, 0.1) is 0 Å². The highest BCUT2D eigenvalue weighted by molar-refractivity contribution is 4.91. The second-order valence-corrected chi connectivity index (χ2v) is 7.07. The van der Waals surface area contributed by atoms with Gasteiger partial charge in [-0.1, -0.05) is 13.8 Å². The summed E-state index contributed by atoms with van der Waals surface area (Å²) in [6.45, 7) is 9.78. The van der Waals surface area contributed by atoms with Crippen molar-refractivity contribution in [3.05, 3.63) is 0 Å². The number of hydrogen-bond acceptors (Lipinski definition) is 3. The molecule has 3 nitrogen and oxygen atoms in total. The Morgan fingerprint density at radius 3 is 2.56 bits per heavy atom. The summed E-state index contributed by atoms with van der Waals surface area (Å²) in [5.74, 6) is 0. The predicted molar refractivity (Wildman–Crippen MR) is 78.0 cm³/mol. The first-order valence-electron chi connectivity index (χ1n) is 7.61. The normalized spacial score (nSPS) is 30.8. The molecule has 0 aromatic heterocycles. The average Bonchev–Trinajstić information content (AvgIpc) is 2.32. The fourth-order valence-electron chi connectivity index (χ4n) is 3.46. The Morgan fingerprint density at radius 2 is 1.94 bits per heavy atom. The van der Waals surface area contributed by atoms with Crippen molar-refractivity contribution in [1.29, 1.82) is 0 Å². The Bertz CT molecular complexity index is 256. The molecule has 0 amide bonds. The van der Waals surface area contributed by atoms with E-state index in [4.69, 9.17) is 0 Å². The third kappa shape index (κ3) is 3.46. The number of rotatable bonds is 3. The SMILES string of the molecule is CN1CCC(N(C)CC2NCCCC2(C)C)CC1. The van der Waals surface area contributed by atoms with Crippen molar-refractivity contribution >= 4 is 0 Å². The molecule has 1 unspecified atom stereocenters. The van der Waals surface area contributed by atoms with E-state index in [-0.39, 0.29) is 0 Å². The molecule has 2 aliphatic rings. The summed E-state index contributed by atoms with van der Waals surface area (Å²) in [4.78, 5) is 5.06. The monoisotopic (exact) mass is 253 g/mol. The van der Waals surface area contributed by atoms with Crippen molar-refractivity contribution in [3.8, 4) is 0 Å². The molecule has 2 rings (SSSR count). The third-order valence-electron chi connectivity index (χ3n) is 5.11. The molecule has 0 spiro atoms. The zero-order valence-electron chi connectivity index (χ0n) is 12.7. The zero-order chi connectivity index (χ0) is 13.2. The van der Waals surface area contributed by atoms with Gasteiger partial charge in [0.1, 0.15) is 0 Å². The van der Waals surface area contributed by atoms with Crippen LogP contribution in [-0.2, 0) is 0 Å². The van der Waals surface area contributed by atoms with E-state index in [1.165, 1.54) is 51.9 Å².